The van der Waals surface area contributed by atoms with E-state index in [0.29, 0.717) is 5.56 Å². The van der Waals surface area contributed by atoms with Crippen LogP contribution in [0.25, 0.3) is 0 Å². The van der Waals surface area contributed by atoms with E-state index < -0.39 is 16.0 Å². The molecule has 0 aromatic carbocycles. The summed E-state index contributed by atoms with van der Waals surface area (Å²) in [4.78, 5) is 23.4. The molecule has 1 N–H and O–H groups in total. The second-order valence-corrected chi connectivity index (χ2v) is 7.29. The Kier molecular flexibility index (Phi) is 4.90. The Morgan fingerprint density at radius 3 is 2.30 bits per heavy atom. The SMILES string of the molecule is Cc1csc(C(=O)O)c1S(=O)(=O)N(C)CC(=O)N(C)C. The van der Waals surface area contributed by atoms with Crippen molar-refractivity contribution in [1.29, 1.82) is 0 Å². The van der Waals surface area contributed by atoms with E-state index in [1.165, 1.54) is 38.3 Å². The lowest BCUT2D eigenvalue weighted by Crippen LogP contribution is -2.38. The largest absolute Gasteiger partial charge is 0.477 e. The fraction of sp³-hybridized carbons (Fsp3) is 0.455. The second-order valence-electron chi connectivity index (χ2n) is 4.43. The molecule has 1 rings (SSSR count). The number of carboxylic acid groups (broad SMARTS) is 1. The first-order chi connectivity index (χ1) is 9.09. The number of hydrogen-bond donors (Lipinski definition) is 1. The summed E-state index contributed by atoms with van der Waals surface area (Å²) >= 11 is 0.853. The van der Waals surface area contributed by atoms with Crippen LogP contribution in [-0.2, 0) is 14.8 Å². The van der Waals surface area contributed by atoms with Gasteiger partial charge < -0.3 is 10.0 Å². The number of carbonyl (C=O) groups excluding carboxylic acids is 1. The van der Waals surface area contributed by atoms with Gasteiger partial charge in [-0.05, 0) is 17.9 Å². The molecule has 0 saturated carbocycles. The van der Waals surface area contributed by atoms with Crippen molar-refractivity contribution in [2.45, 2.75) is 11.8 Å². The maximum Gasteiger partial charge on any atom is 0.347 e. The maximum atomic E-state index is 12.4. The van der Waals surface area contributed by atoms with E-state index in [1.54, 1.807) is 0 Å². The van der Waals surface area contributed by atoms with Crippen LogP contribution in [0.3, 0.4) is 0 Å². The fourth-order valence-electron chi connectivity index (χ4n) is 1.47. The van der Waals surface area contributed by atoms with E-state index in [-0.39, 0.29) is 22.2 Å². The van der Waals surface area contributed by atoms with Gasteiger partial charge in [-0.3, -0.25) is 4.79 Å². The molecule has 0 spiro atoms. The highest BCUT2D eigenvalue weighted by Gasteiger charge is 2.31. The minimum absolute atomic E-state index is 0.244. The lowest BCUT2D eigenvalue weighted by molar-refractivity contribution is -0.128. The average Bonchev–Trinajstić information content (AvgIpc) is 2.71. The predicted octanol–water partition coefficient (Wildman–Crippen LogP) is 0.463. The third-order valence-corrected chi connectivity index (χ3v) is 5.84. The van der Waals surface area contributed by atoms with Crippen molar-refractivity contribution in [2.75, 3.05) is 27.7 Å². The standard InChI is InChI=1S/C11H16N2O5S2/c1-7-6-19-9(11(15)16)10(7)20(17,18)13(4)5-8(14)12(2)3/h6H,5H2,1-4H3,(H,15,16). The molecule has 0 unspecified atom stereocenters. The van der Waals surface area contributed by atoms with Crippen LogP contribution in [0.1, 0.15) is 15.2 Å². The van der Waals surface area contributed by atoms with Crippen LogP contribution >= 0.6 is 11.3 Å². The third-order valence-electron chi connectivity index (χ3n) is 2.64. The van der Waals surface area contributed by atoms with Gasteiger partial charge in [-0.2, -0.15) is 4.31 Å². The zero-order chi connectivity index (χ0) is 15.7. The highest BCUT2D eigenvalue weighted by Crippen LogP contribution is 2.29. The average molecular weight is 320 g/mol. The van der Waals surface area contributed by atoms with E-state index in [0.717, 1.165) is 15.6 Å². The van der Waals surface area contributed by atoms with Crippen molar-refractivity contribution in [1.82, 2.24) is 9.21 Å². The van der Waals surface area contributed by atoms with Crippen LogP contribution in [0, 0.1) is 6.92 Å². The van der Waals surface area contributed by atoms with Gasteiger partial charge >= 0.3 is 5.97 Å². The monoisotopic (exact) mass is 320 g/mol. The molecule has 0 saturated heterocycles. The molecule has 1 amide bonds. The first-order valence-electron chi connectivity index (χ1n) is 5.57. The van der Waals surface area contributed by atoms with Gasteiger partial charge in [0.05, 0.1) is 6.54 Å². The molecule has 0 aliphatic carbocycles. The third kappa shape index (κ3) is 3.17. The van der Waals surface area contributed by atoms with Gasteiger partial charge in [0.15, 0.2) is 0 Å². The summed E-state index contributed by atoms with van der Waals surface area (Å²) in [5.74, 6) is -1.69. The molecule has 20 heavy (non-hydrogen) atoms. The van der Waals surface area contributed by atoms with Gasteiger partial charge in [0.1, 0.15) is 9.77 Å². The molecule has 7 nitrogen and oxygen atoms in total. The van der Waals surface area contributed by atoms with Crippen molar-refractivity contribution in [3.8, 4) is 0 Å². The molecule has 0 atom stereocenters. The molecule has 1 aromatic rings. The lowest BCUT2D eigenvalue weighted by Gasteiger charge is -2.19. The van der Waals surface area contributed by atoms with Gasteiger partial charge in [-0.1, -0.05) is 0 Å². The zero-order valence-electron chi connectivity index (χ0n) is 11.6. The van der Waals surface area contributed by atoms with E-state index in [1.807, 2.05) is 0 Å². The Morgan fingerprint density at radius 2 is 1.85 bits per heavy atom. The molecule has 1 heterocycles. The molecule has 0 aliphatic heterocycles. The number of carbonyl (C=O) groups is 2. The van der Waals surface area contributed by atoms with Crippen molar-refractivity contribution >= 4 is 33.2 Å². The second kappa shape index (κ2) is 5.90. The number of aryl methyl sites for hydroxylation is 1. The molecule has 0 bridgehead atoms. The minimum Gasteiger partial charge on any atom is -0.477 e. The van der Waals surface area contributed by atoms with Gasteiger partial charge in [0, 0.05) is 21.1 Å². The first kappa shape index (κ1) is 16.6. The van der Waals surface area contributed by atoms with Crippen LogP contribution < -0.4 is 0 Å². The van der Waals surface area contributed by atoms with E-state index in [2.05, 4.69) is 0 Å². The van der Waals surface area contributed by atoms with Crippen LogP contribution in [0.15, 0.2) is 10.3 Å². The van der Waals surface area contributed by atoms with Crippen molar-refractivity contribution in [2.24, 2.45) is 0 Å². The Morgan fingerprint density at radius 1 is 1.30 bits per heavy atom. The molecular formula is C11H16N2O5S2. The van der Waals surface area contributed by atoms with E-state index >= 15 is 0 Å². The molecule has 0 radical (unpaired) electrons. The fourth-order valence-corrected chi connectivity index (χ4v) is 4.17. The minimum atomic E-state index is -4.02. The van der Waals surface area contributed by atoms with Crippen LogP contribution in [0.2, 0.25) is 0 Å². The number of nitrogens with zero attached hydrogens (tertiary/aromatic N) is 2. The van der Waals surface area contributed by atoms with Gasteiger partial charge in [0.25, 0.3) is 0 Å². The summed E-state index contributed by atoms with van der Waals surface area (Å²) in [5.41, 5.74) is 0.358. The van der Waals surface area contributed by atoms with E-state index in [9.17, 15) is 18.0 Å². The number of thiophene rings is 1. The number of sulfonamides is 1. The normalized spacial score (nSPS) is 11.7. The number of rotatable bonds is 5. The van der Waals surface area contributed by atoms with Crippen molar-refractivity contribution in [3.05, 3.63) is 15.8 Å². The Hall–Kier alpha value is -1.45. The smallest absolute Gasteiger partial charge is 0.347 e. The zero-order valence-corrected chi connectivity index (χ0v) is 13.2. The maximum absolute atomic E-state index is 12.4. The topological polar surface area (TPSA) is 95.0 Å². The van der Waals surface area contributed by atoms with Gasteiger partial charge in [-0.25, -0.2) is 13.2 Å². The quantitative estimate of drug-likeness (QED) is 0.850. The van der Waals surface area contributed by atoms with Crippen molar-refractivity contribution in [3.63, 3.8) is 0 Å². The molecular weight excluding hydrogens is 304 g/mol. The predicted molar refractivity (Wildman–Crippen MR) is 74.5 cm³/mol. The van der Waals surface area contributed by atoms with Crippen LogP contribution in [0.4, 0.5) is 0 Å². The lowest BCUT2D eigenvalue weighted by atomic mass is 10.3. The summed E-state index contributed by atoms with van der Waals surface area (Å²) in [6.07, 6.45) is 0. The van der Waals surface area contributed by atoms with Gasteiger partial charge in [-0.15, -0.1) is 11.3 Å². The Labute approximate surface area is 121 Å². The summed E-state index contributed by atoms with van der Waals surface area (Å²) < 4.78 is 25.6. The number of amides is 1. The number of likely N-dealkylation sites (N-methyl/N-ethyl adjacent to an activating group) is 2. The van der Waals surface area contributed by atoms with Crippen LogP contribution in [-0.4, -0.2) is 62.3 Å². The highest BCUT2D eigenvalue weighted by atomic mass is 32.2. The molecule has 9 heteroatoms. The molecule has 112 valence electrons. The summed E-state index contributed by atoms with van der Waals surface area (Å²) in [6.45, 7) is 1.18. The number of hydrogen-bond acceptors (Lipinski definition) is 5. The molecule has 1 aromatic heterocycles. The summed E-state index contributed by atoms with van der Waals surface area (Å²) in [6, 6.07) is 0. The molecule has 0 fully saturated rings. The van der Waals surface area contributed by atoms with Crippen molar-refractivity contribution < 1.29 is 23.1 Å². The summed E-state index contributed by atoms with van der Waals surface area (Å²) in [7, 11) is 0.265. The number of carboxylic acids is 1. The Balaban J connectivity index is 3.21. The molecule has 0 aliphatic rings. The van der Waals surface area contributed by atoms with E-state index in [4.69, 9.17) is 5.11 Å². The first-order valence-corrected chi connectivity index (χ1v) is 7.89. The number of aromatic carboxylic acids is 1. The highest BCUT2D eigenvalue weighted by molar-refractivity contribution is 7.89. The Bertz CT molecular complexity index is 633. The van der Waals surface area contributed by atoms with Crippen LogP contribution in [0.5, 0.6) is 0 Å². The van der Waals surface area contributed by atoms with Gasteiger partial charge in [0.2, 0.25) is 15.9 Å². The summed E-state index contributed by atoms with van der Waals surface area (Å²) in [5, 5.41) is 10.5.